The van der Waals surface area contributed by atoms with Gasteiger partial charge < -0.3 is 5.11 Å². The molecule has 0 radical (unpaired) electrons. The number of aliphatic hydroxyl groups is 1. The molecule has 4 rings (SSSR count). The first-order valence-electron chi connectivity index (χ1n) is 8.86. The van der Waals surface area contributed by atoms with E-state index in [9.17, 15) is 9.90 Å². The summed E-state index contributed by atoms with van der Waals surface area (Å²) in [6.45, 7) is 4.76. The maximum Gasteiger partial charge on any atom is 0.155 e. The van der Waals surface area contributed by atoms with Gasteiger partial charge in [-0.1, -0.05) is 25.8 Å². The molecule has 0 aromatic carbocycles. The van der Waals surface area contributed by atoms with E-state index in [1.807, 2.05) is 6.08 Å². The Bertz CT molecular complexity index is 508. The number of carbonyl (C=O) groups is 1. The Kier molecular flexibility index (Phi) is 2.96. The van der Waals surface area contributed by atoms with Crippen LogP contribution in [-0.4, -0.2) is 17.0 Å². The molecule has 2 nitrogen and oxygen atoms in total. The summed E-state index contributed by atoms with van der Waals surface area (Å²) in [5.41, 5.74) is 1.81. The summed E-state index contributed by atoms with van der Waals surface area (Å²) in [4.78, 5) is 11.8. The Morgan fingerprint density at radius 1 is 1.19 bits per heavy atom. The number of aliphatic hydroxyl groups excluding tert-OH is 1. The zero-order valence-corrected chi connectivity index (χ0v) is 13.4. The van der Waals surface area contributed by atoms with Gasteiger partial charge in [0, 0.05) is 6.42 Å². The van der Waals surface area contributed by atoms with Crippen molar-refractivity contribution in [3.63, 3.8) is 0 Å². The van der Waals surface area contributed by atoms with Gasteiger partial charge in [-0.05, 0) is 73.2 Å². The van der Waals surface area contributed by atoms with Crippen LogP contribution in [0.15, 0.2) is 11.6 Å². The maximum absolute atomic E-state index is 11.8. The zero-order chi connectivity index (χ0) is 14.8. The van der Waals surface area contributed by atoms with E-state index in [0.29, 0.717) is 29.5 Å². The van der Waals surface area contributed by atoms with Crippen molar-refractivity contribution in [2.24, 2.45) is 28.6 Å². The summed E-state index contributed by atoms with van der Waals surface area (Å²) in [6, 6.07) is 0. The number of rotatable bonds is 0. The van der Waals surface area contributed by atoms with Gasteiger partial charge in [0.1, 0.15) is 0 Å². The molecule has 6 atom stereocenters. The summed E-state index contributed by atoms with van der Waals surface area (Å²) in [5.74, 6) is 2.18. The first kappa shape index (κ1) is 14.0. The van der Waals surface area contributed by atoms with Crippen molar-refractivity contribution >= 4 is 5.78 Å². The number of hydrogen-bond acceptors (Lipinski definition) is 2. The summed E-state index contributed by atoms with van der Waals surface area (Å²) in [5, 5.41) is 11.0. The lowest BCUT2D eigenvalue weighted by Crippen LogP contribution is -2.55. The molecule has 0 heterocycles. The number of carbonyl (C=O) groups excluding carboxylic acids is 1. The molecule has 2 heteroatoms. The molecule has 4 aliphatic carbocycles. The van der Waals surface area contributed by atoms with E-state index in [2.05, 4.69) is 13.8 Å². The first-order chi connectivity index (χ1) is 9.94. The number of ketones is 1. The van der Waals surface area contributed by atoms with Crippen LogP contribution in [0.5, 0.6) is 0 Å². The monoisotopic (exact) mass is 288 g/mol. The Balaban J connectivity index is 1.74. The number of allylic oxidation sites excluding steroid dienone is 1. The Labute approximate surface area is 128 Å². The number of hydrogen-bond donors (Lipinski definition) is 1. The largest absolute Gasteiger partial charge is 0.393 e. The van der Waals surface area contributed by atoms with Gasteiger partial charge in [-0.25, -0.2) is 0 Å². The maximum atomic E-state index is 11.8. The Hall–Kier alpha value is -0.630. The molecule has 3 fully saturated rings. The fraction of sp³-hybridized carbons (Fsp3) is 0.842. The minimum Gasteiger partial charge on any atom is -0.393 e. The fourth-order valence-electron chi connectivity index (χ4n) is 6.70. The predicted octanol–water partition coefficient (Wildman–Crippen LogP) is 3.88. The third-order valence-electron chi connectivity index (χ3n) is 7.67. The summed E-state index contributed by atoms with van der Waals surface area (Å²) >= 11 is 0. The lowest BCUT2D eigenvalue weighted by atomic mass is 9.46. The van der Waals surface area contributed by atoms with Crippen LogP contribution in [0.4, 0.5) is 0 Å². The molecule has 0 bridgehead atoms. The van der Waals surface area contributed by atoms with Crippen LogP contribution < -0.4 is 0 Å². The van der Waals surface area contributed by atoms with Gasteiger partial charge in [0.2, 0.25) is 0 Å². The summed E-state index contributed by atoms with van der Waals surface area (Å²) in [6.07, 6.45) is 10.7. The Morgan fingerprint density at radius 2 is 2.00 bits per heavy atom. The molecular formula is C19H28O2. The van der Waals surface area contributed by atoms with E-state index in [0.717, 1.165) is 25.2 Å². The third-order valence-corrected chi connectivity index (χ3v) is 7.67. The van der Waals surface area contributed by atoms with Gasteiger partial charge in [-0.3, -0.25) is 4.79 Å². The molecule has 21 heavy (non-hydrogen) atoms. The topological polar surface area (TPSA) is 37.3 Å². The SMILES string of the molecule is CC12CCCC1C1CCC3=CC(=O)CCC3(C)C1C(O)C2. The lowest BCUT2D eigenvalue weighted by molar-refractivity contribution is -0.127. The molecule has 116 valence electrons. The molecule has 0 aromatic heterocycles. The van der Waals surface area contributed by atoms with Crippen LogP contribution in [0, 0.1) is 28.6 Å². The van der Waals surface area contributed by atoms with Crippen molar-refractivity contribution in [3.8, 4) is 0 Å². The minimum atomic E-state index is -0.170. The van der Waals surface area contributed by atoms with E-state index in [1.54, 1.807) is 0 Å². The second-order valence-electron chi connectivity index (χ2n) is 8.71. The first-order valence-corrected chi connectivity index (χ1v) is 8.86. The predicted molar refractivity (Wildman–Crippen MR) is 82.7 cm³/mol. The lowest BCUT2D eigenvalue weighted by Gasteiger charge is -2.59. The molecule has 4 aliphatic rings. The Morgan fingerprint density at radius 3 is 2.81 bits per heavy atom. The second-order valence-corrected chi connectivity index (χ2v) is 8.71. The van der Waals surface area contributed by atoms with Gasteiger partial charge in [0.25, 0.3) is 0 Å². The van der Waals surface area contributed by atoms with Crippen molar-refractivity contribution in [3.05, 3.63) is 11.6 Å². The van der Waals surface area contributed by atoms with Crippen molar-refractivity contribution in [1.82, 2.24) is 0 Å². The van der Waals surface area contributed by atoms with Gasteiger partial charge in [-0.2, -0.15) is 0 Å². The van der Waals surface area contributed by atoms with Crippen molar-refractivity contribution in [2.75, 3.05) is 0 Å². The molecule has 1 N–H and O–H groups in total. The highest BCUT2D eigenvalue weighted by molar-refractivity contribution is 5.91. The number of fused-ring (bicyclic) bond motifs is 5. The zero-order valence-electron chi connectivity index (χ0n) is 13.4. The normalized spacial score (nSPS) is 52.7. The van der Waals surface area contributed by atoms with E-state index in [1.165, 1.54) is 31.3 Å². The van der Waals surface area contributed by atoms with Gasteiger partial charge in [0.15, 0.2) is 5.78 Å². The van der Waals surface area contributed by atoms with Crippen LogP contribution in [0.2, 0.25) is 0 Å². The van der Waals surface area contributed by atoms with Gasteiger partial charge in [-0.15, -0.1) is 0 Å². The third kappa shape index (κ3) is 1.84. The van der Waals surface area contributed by atoms with E-state index in [4.69, 9.17) is 0 Å². The highest BCUT2D eigenvalue weighted by Gasteiger charge is 2.59. The van der Waals surface area contributed by atoms with Crippen molar-refractivity contribution < 1.29 is 9.90 Å². The van der Waals surface area contributed by atoms with E-state index >= 15 is 0 Å². The molecule has 0 saturated heterocycles. The van der Waals surface area contributed by atoms with Crippen molar-refractivity contribution in [1.29, 1.82) is 0 Å². The van der Waals surface area contributed by atoms with Crippen LogP contribution in [-0.2, 0) is 4.79 Å². The summed E-state index contributed by atoms with van der Waals surface area (Å²) < 4.78 is 0. The van der Waals surface area contributed by atoms with E-state index in [-0.39, 0.29) is 11.5 Å². The van der Waals surface area contributed by atoms with Gasteiger partial charge in [0.05, 0.1) is 6.10 Å². The fourth-order valence-corrected chi connectivity index (χ4v) is 6.70. The average Bonchev–Trinajstić information content (AvgIpc) is 2.80. The van der Waals surface area contributed by atoms with Gasteiger partial charge >= 0.3 is 0 Å². The second kappa shape index (κ2) is 4.44. The molecule has 0 amide bonds. The van der Waals surface area contributed by atoms with Crippen LogP contribution in [0.1, 0.15) is 65.2 Å². The molecule has 6 unspecified atom stereocenters. The summed E-state index contributed by atoms with van der Waals surface area (Å²) in [7, 11) is 0. The molecule has 3 saturated carbocycles. The standard InChI is InChI=1S/C19H28O2/c1-18-8-3-4-15(18)14-6-5-12-10-13(20)7-9-19(12,2)17(14)16(21)11-18/h10,14-17,21H,3-9,11H2,1-2H3. The molecule has 0 aliphatic heterocycles. The van der Waals surface area contributed by atoms with Crippen LogP contribution in [0.25, 0.3) is 0 Å². The quantitative estimate of drug-likeness (QED) is 0.734. The smallest absolute Gasteiger partial charge is 0.155 e. The molecule has 0 aromatic rings. The average molecular weight is 288 g/mol. The van der Waals surface area contributed by atoms with Crippen LogP contribution in [0.3, 0.4) is 0 Å². The van der Waals surface area contributed by atoms with E-state index < -0.39 is 0 Å². The van der Waals surface area contributed by atoms with Crippen molar-refractivity contribution in [2.45, 2.75) is 71.3 Å². The molecular weight excluding hydrogens is 260 g/mol. The van der Waals surface area contributed by atoms with Crippen LogP contribution >= 0.6 is 0 Å². The highest BCUT2D eigenvalue weighted by atomic mass is 16.3. The highest BCUT2D eigenvalue weighted by Crippen LogP contribution is 2.65. The minimum absolute atomic E-state index is 0.0835. The molecule has 0 spiro atoms.